The van der Waals surface area contributed by atoms with Crippen molar-refractivity contribution in [3.63, 3.8) is 0 Å². The molecule has 9 heteroatoms. The molecule has 1 amide bonds. The molecule has 5 nitrogen and oxygen atoms in total. The third-order valence-electron chi connectivity index (χ3n) is 3.21. The molecule has 0 aromatic heterocycles. The minimum absolute atomic E-state index is 0.0903. The molecule has 2 rings (SSSR count). The normalized spacial score (nSPS) is 11.8. The predicted octanol–water partition coefficient (Wildman–Crippen LogP) is 3.13. The number of hydrogen-bond acceptors (Lipinski definition) is 4. The first kappa shape index (κ1) is 18.8. The number of benzene rings is 2. The second-order valence-corrected chi connectivity index (χ2v) is 7.05. The van der Waals surface area contributed by atoms with Gasteiger partial charge in [-0.25, -0.2) is 8.42 Å². The van der Waals surface area contributed by atoms with Crippen LogP contribution in [0.15, 0.2) is 53.4 Å². The summed E-state index contributed by atoms with van der Waals surface area (Å²) in [5.41, 5.74) is -1.08. The number of nitrogens with one attached hydrogen (secondary N) is 1. The van der Waals surface area contributed by atoms with Crippen molar-refractivity contribution in [2.24, 2.45) is 0 Å². The standard InChI is InChI=1S/C16H14F3NO4S/c1-24-13-5-7-14(8-6-13)25(22,23)10-15(21)20-12-4-2-3-11(9-12)16(17,18)19/h2-9H,10H2,1H3,(H,20,21). The van der Waals surface area contributed by atoms with Crippen LogP contribution in [0.25, 0.3) is 0 Å². The molecule has 0 aliphatic carbocycles. The third kappa shape index (κ3) is 4.96. The molecular weight excluding hydrogens is 359 g/mol. The van der Waals surface area contributed by atoms with E-state index in [1.165, 1.54) is 37.4 Å². The Morgan fingerprint density at radius 3 is 2.32 bits per heavy atom. The van der Waals surface area contributed by atoms with Crippen LogP contribution in [-0.2, 0) is 20.8 Å². The molecule has 0 fully saturated rings. The van der Waals surface area contributed by atoms with Crippen LogP contribution in [0.5, 0.6) is 5.75 Å². The lowest BCUT2D eigenvalue weighted by atomic mass is 10.2. The van der Waals surface area contributed by atoms with Crippen molar-refractivity contribution >= 4 is 21.4 Å². The number of anilines is 1. The number of sulfone groups is 1. The first-order chi connectivity index (χ1) is 11.6. The van der Waals surface area contributed by atoms with E-state index in [4.69, 9.17) is 4.74 Å². The molecule has 0 heterocycles. The van der Waals surface area contributed by atoms with Gasteiger partial charge in [0.2, 0.25) is 5.91 Å². The minimum atomic E-state index is -4.56. The van der Waals surface area contributed by atoms with Crippen LogP contribution in [0.4, 0.5) is 18.9 Å². The SMILES string of the molecule is COc1ccc(S(=O)(=O)CC(=O)Nc2cccc(C(F)(F)F)c2)cc1. The summed E-state index contributed by atoms with van der Waals surface area (Å²) in [5.74, 6) is -1.38. The number of hydrogen-bond donors (Lipinski definition) is 1. The highest BCUT2D eigenvalue weighted by atomic mass is 32.2. The van der Waals surface area contributed by atoms with Crippen LogP contribution in [0.3, 0.4) is 0 Å². The molecule has 2 aromatic carbocycles. The number of alkyl halides is 3. The van der Waals surface area contributed by atoms with Crippen LogP contribution >= 0.6 is 0 Å². The number of rotatable bonds is 5. The maximum Gasteiger partial charge on any atom is 0.416 e. The number of methoxy groups -OCH3 is 1. The van der Waals surface area contributed by atoms with Gasteiger partial charge in [-0.05, 0) is 42.5 Å². The summed E-state index contributed by atoms with van der Waals surface area (Å²) in [6.07, 6.45) is -4.56. The molecule has 25 heavy (non-hydrogen) atoms. The average molecular weight is 373 g/mol. The molecular formula is C16H14F3NO4S. The van der Waals surface area contributed by atoms with Gasteiger partial charge in [0.1, 0.15) is 11.5 Å². The lowest BCUT2D eigenvalue weighted by molar-refractivity contribution is -0.137. The zero-order valence-corrected chi connectivity index (χ0v) is 13.8. The molecule has 0 unspecified atom stereocenters. The van der Waals surface area contributed by atoms with E-state index in [0.29, 0.717) is 5.75 Å². The van der Waals surface area contributed by atoms with E-state index in [1.807, 2.05) is 0 Å². The van der Waals surface area contributed by atoms with Crippen molar-refractivity contribution in [2.45, 2.75) is 11.1 Å². The minimum Gasteiger partial charge on any atom is -0.497 e. The highest BCUT2D eigenvalue weighted by molar-refractivity contribution is 7.92. The fourth-order valence-corrected chi connectivity index (χ4v) is 3.14. The lowest BCUT2D eigenvalue weighted by Crippen LogP contribution is -2.23. The maximum absolute atomic E-state index is 12.6. The van der Waals surface area contributed by atoms with Crippen molar-refractivity contribution in [3.05, 3.63) is 54.1 Å². The molecule has 0 bridgehead atoms. The predicted molar refractivity (Wildman–Crippen MR) is 85.1 cm³/mol. The van der Waals surface area contributed by atoms with Crippen molar-refractivity contribution in [1.82, 2.24) is 0 Å². The Balaban J connectivity index is 2.11. The molecule has 0 atom stereocenters. The molecule has 2 aromatic rings. The summed E-state index contributed by atoms with van der Waals surface area (Å²) in [6, 6.07) is 9.37. The first-order valence-electron chi connectivity index (χ1n) is 6.96. The molecule has 0 spiro atoms. The number of carbonyl (C=O) groups is 1. The zero-order valence-electron chi connectivity index (χ0n) is 13.0. The summed E-state index contributed by atoms with van der Waals surface area (Å²) in [6.45, 7) is 0. The Bertz CT molecular complexity index is 862. The maximum atomic E-state index is 12.6. The second-order valence-electron chi connectivity index (χ2n) is 5.06. The van der Waals surface area contributed by atoms with Crippen molar-refractivity contribution < 1.29 is 31.1 Å². The van der Waals surface area contributed by atoms with Gasteiger partial charge in [0.15, 0.2) is 9.84 Å². The van der Waals surface area contributed by atoms with E-state index < -0.39 is 33.2 Å². The highest BCUT2D eigenvalue weighted by Crippen LogP contribution is 2.30. The monoisotopic (exact) mass is 373 g/mol. The topological polar surface area (TPSA) is 72.5 Å². The quantitative estimate of drug-likeness (QED) is 0.874. The summed E-state index contributed by atoms with van der Waals surface area (Å²) in [5, 5.41) is 2.16. The van der Waals surface area contributed by atoms with Crippen molar-refractivity contribution in [3.8, 4) is 5.75 Å². The first-order valence-corrected chi connectivity index (χ1v) is 8.61. The van der Waals surface area contributed by atoms with E-state index in [2.05, 4.69) is 5.32 Å². The average Bonchev–Trinajstić information content (AvgIpc) is 2.53. The fraction of sp³-hybridized carbons (Fsp3) is 0.188. The largest absolute Gasteiger partial charge is 0.497 e. The van der Waals surface area contributed by atoms with Gasteiger partial charge in [-0.3, -0.25) is 4.79 Å². The number of amides is 1. The highest BCUT2D eigenvalue weighted by Gasteiger charge is 2.30. The van der Waals surface area contributed by atoms with Gasteiger partial charge in [-0.15, -0.1) is 0 Å². The van der Waals surface area contributed by atoms with Gasteiger partial charge >= 0.3 is 6.18 Å². The van der Waals surface area contributed by atoms with E-state index in [9.17, 15) is 26.4 Å². The van der Waals surface area contributed by atoms with Crippen molar-refractivity contribution in [2.75, 3.05) is 18.2 Å². The van der Waals surface area contributed by atoms with E-state index in [-0.39, 0.29) is 10.6 Å². The summed E-state index contributed by atoms with van der Waals surface area (Å²) in [4.78, 5) is 11.8. The van der Waals surface area contributed by atoms with Crippen LogP contribution < -0.4 is 10.1 Å². The lowest BCUT2D eigenvalue weighted by Gasteiger charge is -2.10. The van der Waals surface area contributed by atoms with Gasteiger partial charge in [0.05, 0.1) is 17.6 Å². The molecule has 0 saturated heterocycles. The van der Waals surface area contributed by atoms with Crippen LogP contribution in [0.1, 0.15) is 5.56 Å². The van der Waals surface area contributed by atoms with Crippen LogP contribution in [-0.4, -0.2) is 27.2 Å². The molecule has 0 saturated carbocycles. The van der Waals surface area contributed by atoms with E-state index in [0.717, 1.165) is 18.2 Å². The van der Waals surface area contributed by atoms with Gasteiger partial charge in [-0.1, -0.05) is 6.07 Å². The number of halogens is 3. The van der Waals surface area contributed by atoms with Crippen LogP contribution in [0.2, 0.25) is 0 Å². The Kier molecular flexibility index (Phi) is 5.36. The van der Waals surface area contributed by atoms with Gasteiger partial charge in [0.25, 0.3) is 0 Å². The Labute approximate surface area is 142 Å². The fourth-order valence-electron chi connectivity index (χ4n) is 2.01. The van der Waals surface area contributed by atoms with Gasteiger partial charge in [-0.2, -0.15) is 13.2 Å². The van der Waals surface area contributed by atoms with Gasteiger partial charge in [0, 0.05) is 5.69 Å². The zero-order chi connectivity index (χ0) is 18.7. The summed E-state index contributed by atoms with van der Waals surface area (Å²) in [7, 11) is -2.51. The van der Waals surface area contributed by atoms with E-state index in [1.54, 1.807) is 0 Å². The summed E-state index contributed by atoms with van der Waals surface area (Å²) >= 11 is 0. The Morgan fingerprint density at radius 1 is 1.12 bits per heavy atom. The Hall–Kier alpha value is -2.55. The van der Waals surface area contributed by atoms with Crippen molar-refractivity contribution in [1.29, 1.82) is 0 Å². The molecule has 0 aliphatic rings. The van der Waals surface area contributed by atoms with E-state index >= 15 is 0 Å². The Morgan fingerprint density at radius 2 is 1.76 bits per heavy atom. The second kappa shape index (κ2) is 7.14. The third-order valence-corrected chi connectivity index (χ3v) is 4.85. The number of carbonyl (C=O) groups excluding carboxylic acids is 1. The number of ether oxygens (including phenoxy) is 1. The van der Waals surface area contributed by atoms with Crippen LogP contribution in [0, 0.1) is 0 Å². The molecule has 0 radical (unpaired) electrons. The summed E-state index contributed by atoms with van der Waals surface area (Å²) < 4.78 is 67.2. The van der Waals surface area contributed by atoms with Gasteiger partial charge < -0.3 is 10.1 Å². The molecule has 0 aliphatic heterocycles. The molecule has 134 valence electrons. The smallest absolute Gasteiger partial charge is 0.416 e. The molecule has 1 N–H and O–H groups in total.